The Morgan fingerprint density at radius 3 is 2.09 bits per heavy atom. The monoisotopic (exact) mass is 302 g/mol. The van der Waals surface area contributed by atoms with Crippen molar-refractivity contribution in [2.75, 3.05) is 0 Å². The van der Waals surface area contributed by atoms with E-state index in [1.807, 2.05) is 30.3 Å². The molecule has 23 heavy (non-hydrogen) atoms. The van der Waals surface area contributed by atoms with E-state index in [1.165, 1.54) is 0 Å². The van der Waals surface area contributed by atoms with Crippen LogP contribution in [0.4, 0.5) is 0 Å². The first-order chi connectivity index (χ1) is 11.1. The highest BCUT2D eigenvalue weighted by molar-refractivity contribution is 6.19. The van der Waals surface area contributed by atoms with Gasteiger partial charge in [0.25, 0.3) is 0 Å². The van der Waals surface area contributed by atoms with E-state index in [0.717, 1.165) is 37.9 Å². The second kappa shape index (κ2) is 4.88. The van der Waals surface area contributed by atoms with E-state index in [0.29, 0.717) is 11.5 Å². The van der Waals surface area contributed by atoms with Crippen LogP contribution in [0.5, 0.6) is 11.5 Å². The summed E-state index contributed by atoms with van der Waals surface area (Å²) in [6, 6.07) is 17.6. The maximum atomic E-state index is 10.3. The first-order valence-corrected chi connectivity index (χ1v) is 7.87. The minimum Gasteiger partial charge on any atom is -0.508 e. The van der Waals surface area contributed by atoms with Gasteiger partial charge >= 0.3 is 0 Å². The third kappa shape index (κ3) is 1.95. The molecule has 0 aliphatic heterocycles. The number of aromatic hydroxyl groups is 2. The van der Waals surface area contributed by atoms with Gasteiger partial charge in [0.2, 0.25) is 0 Å². The Morgan fingerprint density at radius 2 is 1.30 bits per heavy atom. The Morgan fingerprint density at radius 1 is 0.652 bits per heavy atom. The van der Waals surface area contributed by atoms with Gasteiger partial charge in [-0.1, -0.05) is 56.3 Å². The number of hydrogen-bond acceptors (Lipinski definition) is 2. The Labute approximate surface area is 134 Å². The Kier molecular flexibility index (Phi) is 2.95. The average Bonchev–Trinajstić information content (AvgIpc) is 2.53. The molecule has 2 heteroatoms. The normalized spacial score (nSPS) is 11.8. The van der Waals surface area contributed by atoms with Crippen LogP contribution in [0.2, 0.25) is 0 Å². The van der Waals surface area contributed by atoms with E-state index in [2.05, 4.69) is 26.0 Å². The van der Waals surface area contributed by atoms with E-state index in [9.17, 15) is 10.2 Å². The Bertz CT molecular complexity index is 1060. The largest absolute Gasteiger partial charge is 0.508 e. The number of phenols is 2. The maximum Gasteiger partial charge on any atom is 0.124 e. The van der Waals surface area contributed by atoms with Crippen molar-refractivity contribution in [3.8, 4) is 11.5 Å². The fourth-order valence-electron chi connectivity index (χ4n) is 3.61. The molecule has 0 radical (unpaired) electrons. The third-order valence-corrected chi connectivity index (χ3v) is 4.61. The van der Waals surface area contributed by atoms with E-state index in [-0.39, 0.29) is 5.92 Å². The third-order valence-electron chi connectivity index (χ3n) is 4.61. The molecule has 2 N–H and O–H groups in total. The predicted molar refractivity (Wildman–Crippen MR) is 96.4 cm³/mol. The zero-order valence-electron chi connectivity index (χ0n) is 13.2. The summed E-state index contributed by atoms with van der Waals surface area (Å²) in [5.41, 5.74) is 0.974. The summed E-state index contributed by atoms with van der Waals surface area (Å²) < 4.78 is 0. The van der Waals surface area contributed by atoms with Crippen molar-refractivity contribution in [1.29, 1.82) is 0 Å². The van der Waals surface area contributed by atoms with Crippen molar-refractivity contribution in [2.45, 2.75) is 19.8 Å². The van der Waals surface area contributed by atoms with Gasteiger partial charge in [0.05, 0.1) is 0 Å². The van der Waals surface area contributed by atoms with Crippen molar-refractivity contribution in [1.82, 2.24) is 0 Å². The molecule has 0 aliphatic carbocycles. The first kappa shape index (κ1) is 13.9. The van der Waals surface area contributed by atoms with Crippen LogP contribution in [0.15, 0.2) is 54.6 Å². The smallest absolute Gasteiger partial charge is 0.124 e. The van der Waals surface area contributed by atoms with Crippen LogP contribution in [0.25, 0.3) is 32.3 Å². The van der Waals surface area contributed by atoms with Crippen molar-refractivity contribution >= 4 is 32.3 Å². The molecule has 0 heterocycles. The molecule has 4 rings (SSSR count). The van der Waals surface area contributed by atoms with Crippen molar-refractivity contribution in [2.24, 2.45) is 0 Å². The molecule has 0 bridgehead atoms. The SMILES string of the molecule is CC(C)c1c(O)ccc2c1ccc1c2ccc2cccc(O)c21. The lowest BCUT2D eigenvalue weighted by Gasteiger charge is -2.15. The van der Waals surface area contributed by atoms with Gasteiger partial charge in [-0.15, -0.1) is 0 Å². The summed E-state index contributed by atoms with van der Waals surface area (Å²) in [6.45, 7) is 4.18. The molecule has 0 unspecified atom stereocenters. The van der Waals surface area contributed by atoms with Crippen LogP contribution < -0.4 is 0 Å². The van der Waals surface area contributed by atoms with Gasteiger partial charge in [-0.3, -0.25) is 0 Å². The maximum absolute atomic E-state index is 10.3. The fraction of sp³-hybridized carbons (Fsp3) is 0.143. The highest BCUT2D eigenvalue weighted by Crippen LogP contribution is 2.39. The van der Waals surface area contributed by atoms with E-state index in [4.69, 9.17) is 0 Å². The zero-order chi connectivity index (χ0) is 16.1. The highest BCUT2D eigenvalue weighted by atomic mass is 16.3. The lowest BCUT2D eigenvalue weighted by Crippen LogP contribution is -1.91. The molecule has 4 aromatic carbocycles. The molecular formula is C21H18O2. The summed E-state index contributed by atoms with van der Waals surface area (Å²) in [7, 11) is 0. The molecule has 0 aromatic heterocycles. The summed E-state index contributed by atoms with van der Waals surface area (Å²) in [5, 5.41) is 26.7. The number of fused-ring (bicyclic) bond motifs is 5. The molecular weight excluding hydrogens is 284 g/mol. The molecule has 0 spiro atoms. The van der Waals surface area contributed by atoms with Crippen molar-refractivity contribution in [3.63, 3.8) is 0 Å². The van der Waals surface area contributed by atoms with E-state index in [1.54, 1.807) is 12.1 Å². The van der Waals surface area contributed by atoms with Crippen LogP contribution in [0.3, 0.4) is 0 Å². The van der Waals surface area contributed by atoms with Crippen molar-refractivity contribution in [3.05, 3.63) is 60.2 Å². The fourth-order valence-corrected chi connectivity index (χ4v) is 3.61. The molecule has 0 amide bonds. The molecule has 114 valence electrons. The average molecular weight is 302 g/mol. The number of hydrogen-bond donors (Lipinski definition) is 2. The molecule has 0 aliphatic rings. The van der Waals surface area contributed by atoms with Crippen LogP contribution in [-0.4, -0.2) is 10.2 Å². The minimum atomic E-state index is 0.241. The summed E-state index contributed by atoms with van der Waals surface area (Å²) >= 11 is 0. The molecule has 0 fully saturated rings. The number of rotatable bonds is 1. The molecule has 2 nitrogen and oxygen atoms in total. The summed E-state index contributed by atoms with van der Waals surface area (Å²) in [5.74, 6) is 0.885. The second-order valence-corrected chi connectivity index (χ2v) is 6.35. The number of benzene rings is 4. The van der Waals surface area contributed by atoms with Gasteiger partial charge in [-0.25, -0.2) is 0 Å². The van der Waals surface area contributed by atoms with Crippen LogP contribution in [0.1, 0.15) is 25.3 Å². The Balaban J connectivity index is 2.23. The van der Waals surface area contributed by atoms with Crippen LogP contribution in [-0.2, 0) is 0 Å². The van der Waals surface area contributed by atoms with Gasteiger partial charge in [-0.05, 0) is 45.0 Å². The molecule has 0 atom stereocenters. The lowest BCUT2D eigenvalue weighted by molar-refractivity contribution is 0.466. The van der Waals surface area contributed by atoms with Gasteiger partial charge in [0, 0.05) is 10.9 Å². The van der Waals surface area contributed by atoms with E-state index >= 15 is 0 Å². The number of phenolic OH excluding ortho intramolecular Hbond substituents is 2. The topological polar surface area (TPSA) is 40.5 Å². The molecule has 0 saturated heterocycles. The highest BCUT2D eigenvalue weighted by Gasteiger charge is 2.14. The first-order valence-electron chi connectivity index (χ1n) is 7.87. The minimum absolute atomic E-state index is 0.241. The predicted octanol–water partition coefficient (Wildman–Crippen LogP) is 5.68. The zero-order valence-corrected chi connectivity index (χ0v) is 13.2. The van der Waals surface area contributed by atoms with Crippen molar-refractivity contribution < 1.29 is 10.2 Å². The Hall–Kier alpha value is -2.74. The lowest BCUT2D eigenvalue weighted by atomic mass is 9.91. The van der Waals surface area contributed by atoms with Gasteiger partial charge in [0.15, 0.2) is 0 Å². The second-order valence-electron chi connectivity index (χ2n) is 6.35. The quantitative estimate of drug-likeness (QED) is 0.444. The van der Waals surface area contributed by atoms with Gasteiger partial charge in [-0.2, -0.15) is 0 Å². The standard InChI is InChI=1S/C21H18O2/c1-12(2)20-16-8-9-17-14(15(16)10-11-19(20)23)7-6-13-4-3-5-18(22)21(13)17/h3-12,22-23H,1-2H3. The molecule has 0 saturated carbocycles. The summed E-state index contributed by atoms with van der Waals surface area (Å²) in [4.78, 5) is 0. The summed E-state index contributed by atoms with van der Waals surface area (Å²) in [6.07, 6.45) is 0. The van der Waals surface area contributed by atoms with Crippen LogP contribution in [0, 0.1) is 0 Å². The van der Waals surface area contributed by atoms with E-state index < -0.39 is 0 Å². The van der Waals surface area contributed by atoms with Gasteiger partial charge in [0.1, 0.15) is 11.5 Å². The van der Waals surface area contributed by atoms with Crippen LogP contribution >= 0.6 is 0 Å². The molecule has 4 aromatic rings. The van der Waals surface area contributed by atoms with Gasteiger partial charge < -0.3 is 10.2 Å².